The Bertz CT molecular complexity index is 698. The van der Waals surface area contributed by atoms with E-state index in [1.807, 2.05) is 6.92 Å². The predicted molar refractivity (Wildman–Crippen MR) is 147 cm³/mol. The van der Waals surface area contributed by atoms with Crippen LogP contribution >= 0.6 is 0 Å². The minimum atomic E-state index is -2.40. The molecule has 0 aromatic carbocycles. The number of rotatable bonds is 17. The van der Waals surface area contributed by atoms with E-state index in [4.69, 9.17) is 14.2 Å². The molecule has 218 valence electrons. The zero-order valence-corrected chi connectivity index (χ0v) is 25.8. The molecule has 7 heteroatoms. The van der Waals surface area contributed by atoms with E-state index in [9.17, 15) is 19.5 Å². The van der Waals surface area contributed by atoms with Crippen LogP contribution in [0.4, 0.5) is 0 Å². The van der Waals surface area contributed by atoms with Crippen molar-refractivity contribution in [2.24, 2.45) is 17.8 Å². The van der Waals surface area contributed by atoms with Gasteiger partial charge in [0.1, 0.15) is 16.8 Å². The summed E-state index contributed by atoms with van der Waals surface area (Å²) in [5, 5.41) is 11.4. The Morgan fingerprint density at radius 2 is 0.865 bits per heavy atom. The van der Waals surface area contributed by atoms with Gasteiger partial charge in [0.2, 0.25) is 0 Å². The Morgan fingerprint density at radius 1 is 0.595 bits per heavy atom. The van der Waals surface area contributed by atoms with Crippen LogP contribution in [-0.4, -0.2) is 45.4 Å². The predicted octanol–water partition coefficient (Wildman–Crippen LogP) is 6.77. The third-order valence-corrected chi connectivity index (χ3v) is 7.01. The molecular formula is C30H56O7. The highest BCUT2D eigenvalue weighted by Crippen LogP contribution is 2.31. The molecule has 0 aliphatic carbocycles. The van der Waals surface area contributed by atoms with Crippen molar-refractivity contribution in [3.8, 4) is 0 Å². The second kappa shape index (κ2) is 14.5. The van der Waals surface area contributed by atoms with Crippen LogP contribution in [0.3, 0.4) is 0 Å². The molecule has 3 atom stereocenters. The van der Waals surface area contributed by atoms with Crippen molar-refractivity contribution in [2.75, 3.05) is 0 Å². The van der Waals surface area contributed by atoms with Crippen molar-refractivity contribution >= 4 is 17.9 Å². The molecule has 0 aliphatic rings. The maximum atomic E-state index is 13.3. The Balaban J connectivity index is 5.82. The van der Waals surface area contributed by atoms with Gasteiger partial charge in [-0.2, -0.15) is 0 Å². The van der Waals surface area contributed by atoms with Crippen molar-refractivity contribution < 1.29 is 33.7 Å². The second-order valence-electron chi connectivity index (χ2n) is 13.2. The van der Waals surface area contributed by atoms with Gasteiger partial charge >= 0.3 is 17.9 Å². The van der Waals surface area contributed by atoms with E-state index in [2.05, 4.69) is 34.6 Å². The summed E-state index contributed by atoms with van der Waals surface area (Å²) in [4.78, 5) is 39.2. The van der Waals surface area contributed by atoms with Crippen LogP contribution in [0.1, 0.15) is 134 Å². The molecule has 0 radical (unpaired) electrons. The maximum absolute atomic E-state index is 13.3. The molecule has 0 fully saturated rings. The van der Waals surface area contributed by atoms with E-state index >= 15 is 0 Å². The summed E-state index contributed by atoms with van der Waals surface area (Å²) in [6.07, 6.45) is 3.20. The highest BCUT2D eigenvalue weighted by atomic mass is 16.6. The van der Waals surface area contributed by atoms with Crippen LogP contribution in [0.5, 0.6) is 0 Å². The van der Waals surface area contributed by atoms with Gasteiger partial charge in [-0.1, -0.05) is 60.8 Å². The topological polar surface area (TPSA) is 99.1 Å². The van der Waals surface area contributed by atoms with Crippen molar-refractivity contribution in [2.45, 2.75) is 157 Å². The number of hydrogen-bond acceptors (Lipinski definition) is 7. The second-order valence-corrected chi connectivity index (χ2v) is 13.2. The van der Waals surface area contributed by atoms with E-state index in [-0.39, 0.29) is 5.92 Å². The zero-order chi connectivity index (χ0) is 29.2. The van der Waals surface area contributed by atoms with Gasteiger partial charge < -0.3 is 19.3 Å². The van der Waals surface area contributed by atoms with Gasteiger partial charge in [0, 0.05) is 0 Å². The first-order valence-electron chi connectivity index (χ1n) is 14.1. The van der Waals surface area contributed by atoms with Crippen molar-refractivity contribution in [3.05, 3.63) is 0 Å². The molecule has 0 saturated carbocycles. The molecular weight excluding hydrogens is 472 g/mol. The molecule has 37 heavy (non-hydrogen) atoms. The highest BCUT2D eigenvalue weighted by molar-refractivity contribution is 5.90. The molecule has 1 N–H and O–H groups in total. The summed E-state index contributed by atoms with van der Waals surface area (Å²) in [5.41, 5.74) is -4.86. The number of ether oxygens (including phenoxy) is 3. The zero-order valence-electron chi connectivity index (χ0n) is 25.8. The quantitative estimate of drug-likeness (QED) is 0.164. The lowest BCUT2D eigenvalue weighted by molar-refractivity contribution is -0.193. The largest absolute Gasteiger partial charge is 0.460 e. The molecule has 0 bridgehead atoms. The van der Waals surface area contributed by atoms with Crippen LogP contribution in [0.2, 0.25) is 0 Å². The van der Waals surface area contributed by atoms with Gasteiger partial charge in [-0.05, 0) is 78.6 Å². The molecule has 0 aromatic heterocycles. The van der Waals surface area contributed by atoms with Gasteiger partial charge in [0.15, 0.2) is 5.60 Å². The van der Waals surface area contributed by atoms with Gasteiger partial charge in [-0.3, -0.25) is 9.59 Å². The summed E-state index contributed by atoms with van der Waals surface area (Å²) in [7, 11) is 0. The first-order valence-corrected chi connectivity index (χ1v) is 14.1. The lowest BCUT2D eigenvalue weighted by Crippen LogP contribution is -2.49. The summed E-state index contributed by atoms with van der Waals surface area (Å²) in [5.74, 6) is -1.60. The fourth-order valence-electron chi connectivity index (χ4n) is 4.79. The summed E-state index contributed by atoms with van der Waals surface area (Å²) >= 11 is 0. The Morgan fingerprint density at radius 3 is 1.14 bits per heavy atom. The smallest absolute Gasteiger partial charge is 0.339 e. The van der Waals surface area contributed by atoms with Crippen LogP contribution in [0.15, 0.2) is 0 Å². The van der Waals surface area contributed by atoms with Crippen molar-refractivity contribution in [3.63, 3.8) is 0 Å². The molecule has 0 aliphatic heterocycles. The molecule has 0 heterocycles. The first kappa shape index (κ1) is 35.4. The summed E-state index contributed by atoms with van der Waals surface area (Å²) in [6, 6.07) is 0. The number of aliphatic hydroxyl groups is 1. The summed E-state index contributed by atoms with van der Waals surface area (Å²) < 4.78 is 17.0. The van der Waals surface area contributed by atoms with E-state index in [1.54, 1.807) is 41.5 Å². The van der Waals surface area contributed by atoms with Crippen LogP contribution in [0.25, 0.3) is 0 Å². The average Bonchev–Trinajstić information content (AvgIpc) is 2.70. The number of carbonyl (C=O) groups excluding carboxylic acids is 3. The number of esters is 3. The highest BCUT2D eigenvalue weighted by Gasteiger charge is 2.47. The van der Waals surface area contributed by atoms with E-state index < -0.39 is 53.2 Å². The third-order valence-electron chi connectivity index (χ3n) is 7.01. The SMILES string of the molecule is CCC(C)CC(C)(C)OC(=O)CC(O)(CC(=O)OC(C)(C)CC(C)CC)C(=O)OC(C)(C)CC(C)CC. The van der Waals surface area contributed by atoms with Crippen molar-refractivity contribution in [1.82, 2.24) is 0 Å². The van der Waals surface area contributed by atoms with Crippen molar-refractivity contribution in [1.29, 1.82) is 0 Å². The summed E-state index contributed by atoms with van der Waals surface area (Å²) in [6.45, 7) is 23.1. The fraction of sp³-hybridized carbons (Fsp3) is 0.900. The molecule has 0 saturated heterocycles. The molecule has 0 rings (SSSR count). The van der Waals surface area contributed by atoms with Gasteiger partial charge in [0.05, 0.1) is 12.8 Å². The van der Waals surface area contributed by atoms with E-state index in [1.165, 1.54) is 0 Å². The molecule has 3 unspecified atom stereocenters. The lowest BCUT2D eigenvalue weighted by atomic mass is 9.90. The van der Waals surface area contributed by atoms with E-state index in [0.29, 0.717) is 31.1 Å². The van der Waals surface area contributed by atoms with Crippen LogP contribution in [0, 0.1) is 17.8 Å². The standard InChI is InChI=1S/C30H56O7/c1-13-21(4)16-27(7,8)35-24(31)19-30(34,26(33)37-29(11,12)18-23(6)15-3)20-25(32)36-28(9,10)17-22(5)14-2/h21-23,34H,13-20H2,1-12H3. The lowest BCUT2D eigenvalue weighted by Gasteiger charge is -2.35. The Hall–Kier alpha value is -1.63. The molecule has 0 spiro atoms. The molecule has 0 amide bonds. The average molecular weight is 529 g/mol. The minimum Gasteiger partial charge on any atom is -0.460 e. The Labute approximate surface area is 226 Å². The normalized spacial score (nSPS) is 16.8. The fourth-order valence-corrected chi connectivity index (χ4v) is 4.79. The Kier molecular flexibility index (Phi) is 13.9. The third kappa shape index (κ3) is 14.2. The molecule has 0 aromatic rings. The van der Waals surface area contributed by atoms with Gasteiger partial charge in [-0.15, -0.1) is 0 Å². The van der Waals surface area contributed by atoms with E-state index in [0.717, 1.165) is 19.3 Å². The van der Waals surface area contributed by atoms with Gasteiger partial charge in [0.25, 0.3) is 0 Å². The number of carbonyl (C=O) groups is 3. The van der Waals surface area contributed by atoms with Gasteiger partial charge in [-0.25, -0.2) is 4.79 Å². The first-order chi connectivity index (χ1) is 16.7. The van der Waals surface area contributed by atoms with Crippen LogP contribution < -0.4 is 0 Å². The minimum absolute atomic E-state index is 0.286. The number of hydrogen-bond donors (Lipinski definition) is 1. The maximum Gasteiger partial charge on any atom is 0.339 e. The van der Waals surface area contributed by atoms with Crippen LogP contribution in [-0.2, 0) is 28.6 Å². The monoisotopic (exact) mass is 528 g/mol. The molecule has 7 nitrogen and oxygen atoms in total.